The Morgan fingerprint density at radius 2 is 2.14 bits per heavy atom. The standard InChI is InChI=1S/C21H24BrN5OS/c1-2-5-14-7-9-15(10-8-14)27-12-17(19(26-27)16-6-3-4-11-23-16)24-20(28)18-13-29-21(22)25-18/h3-4,6,11-15H,2,5,7-10H2,1H3,(H,24,28)/t14-,15-. The normalized spacial score (nSPS) is 19.2. The second-order valence-corrected chi connectivity index (χ2v) is 9.62. The van der Waals surface area contributed by atoms with Crippen molar-refractivity contribution in [1.29, 1.82) is 0 Å². The summed E-state index contributed by atoms with van der Waals surface area (Å²) in [7, 11) is 0. The Morgan fingerprint density at radius 3 is 2.79 bits per heavy atom. The van der Waals surface area contributed by atoms with Crippen LogP contribution in [0.3, 0.4) is 0 Å². The molecule has 3 aromatic heterocycles. The van der Waals surface area contributed by atoms with Crippen LogP contribution < -0.4 is 5.32 Å². The summed E-state index contributed by atoms with van der Waals surface area (Å²) in [5.74, 6) is 0.597. The lowest BCUT2D eigenvalue weighted by molar-refractivity contribution is 0.102. The number of hydrogen-bond donors (Lipinski definition) is 1. The van der Waals surface area contributed by atoms with Crippen LogP contribution in [0, 0.1) is 5.92 Å². The number of pyridine rings is 1. The van der Waals surface area contributed by atoms with Crippen LogP contribution in [0.15, 0.2) is 39.9 Å². The van der Waals surface area contributed by atoms with E-state index in [1.54, 1.807) is 11.6 Å². The van der Waals surface area contributed by atoms with Crippen molar-refractivity contribution in [1.82, 2.24) is 19.7 Å². The highest BCUT2D eigenvalue weighted by Gasteiger charge is 2.25. The fourth-order valence-corrected chi connectivity index (χ4v) is 5.00. The number of aromatic nitrogens is 4. The minimum Gasteiger partial charge on any atom is -0.317 e. The Labute approximate surface area is 182 Å². The fraction of sp³-hybridized carbons (Fsp3) is 0.429. The monoisotopic (exact) mass is 473 g/mol. The maximum Gasteiger partial charge on any atom is 0.275 e. The zero-order valence-electron chi connectivity index (χ0n) is 16.3. The van der Waals surface area contributed by atoms with Crippen LogP contribution in [0.1, 0.15) is 62.0 Å². The number of hydrogen-bond acceptors (Lipinski definition) is 5. The topological polar surface area (TPSA) is 72.7 Å². The molecule has 6 nitrogen and oxygen atoms in total. The Kier molecular flexibility index (Phi) is 6.40. The third-order valence-electron chi connectivity index (χ3n) is 5.48. The van der Waals surface area contributed by atoms with Crippen LogP contribution in [0.2, 0.25) is 0 Å². The first-order chi connectivity index (χ1) is 14.1. The van der Waals surface area contributed by atoms with Gasteiger partial charge in [-0.05, 0) is 59.7 Å². The number of nitrogens with zero attached hydrogens (tertiary/aromatic N) is 4. The molecule has 1 aliphatic carbocycles. The Morgan fingerprint density at radius 1 is 1.31 bits per heavy atom. The van der Waals surface area contributed by atoms with E-state index in [4.69, 9.17) is 5.10 Å². The van der Waals surface area contributed by atoms with Crippen molar-refractivity contribution >= 4 is 38.9 Å². The summed E-state index contributed by atoms with van der Waals surface area (Å²) in [5, 5.41) is 9.56. The molecule has 1 fully saturated rings. The predicted octanol–water partition coefficient (Wildman–Crippen LogP) is 5.95. The van der Waals surface area contributed by atoms with Crippen molar-refractivity contribution in [2.75, 3.05) is 5.32 Å². The van der Waals surface area contributed by atoms with Crippen LogP contribution in [0.4, 0.5) is 5.69 Å². The third kappa shape index (κ3) is 4.75. The van der Waals surface area contributed by atoms with Gasteiger partial charge in [-0.25, -0.2) is 4.98 Å². The molecule has 0 unspecified atom stereocenters. The number of amides is 1. The molecule has 0 aromatic carbocycles. The molecule has 29 heavy (non-hydrogen) atoms. The van der Waals surface area contributed by atoms with Crippen LogP contribution in [0.5, 0.6) is 0 Å². The van der Waals surface area contributed by atoms with Gasteiger partial charge in [-0.1, -0.05) is 25.8 Å². The van der Waals surface area contributed by atoms with Gasteiger partial charge in [-0.15, -0.1) is 11.3 Å². The molecular weight excluding hydrogens is 450 g/mol. The average molecular weight is 474 g/mol. The summed E-state index contributed by atoms with van der Waals surface area (Å²) in [6.07, 6.45) is 11.0. The van der Waals surface area contributed by atoms with Gasteiger partial charge in [0.15, 0.2) is 3.92 Å². The van der Waals surface area contributed by atoms with Crippen LogP contribution in [0.25, 0.3) is 11.4 Å². The maximum atomic E-state index is 12.7. The van der Waals surface area contributed by atoms with E-state index >= 15 is 0 Å². The first-order valence-corrected chi connectivity index (χ1v) is 11.7. The van der Waals surface area contributed by atoms with E-state index in [-0.39, 0.29) is 5.91 Å². The highest BCUT2D eigenvalue weighted by molar-refractivity contribution is 9.11. The average Bonchev–Trinajstić information content (AvgIpc) is 3.36. The van der Waals surface area contributed by atoms with E-state index in [0.717, 1.165) is 24.5 Å². The summed E-state index contributed by atoms with van der Waals surface area (Å²) in [4.78, 5) is 21.3. The van der Waals surface area contributed by atoms with Gasteiger partial charge < -0.3 is 5.32 Å². The molecule has 3 aromatic rings. The van der Waals surface area contributed by atoms with Crippen molar-refractivity contribution in [3.8, 4) is 11.4 Å². The van der Waals surface area contributed by atoms with E-state index < -0.39 is 0 Å². The van der Waals surface area contributed by atoms with Crippen LogP contribution in [-0.2, 0) is 0 Å². The highest BCUT2D eigenvalue weighted by Crippen LogP contribution is 2.36. The molecule has 1 amide bonds. The van der Waals surface area contributed by atoms with Crippen LogP contribution in [-0.4, -0.2) is 25.7 Å². The van der Waals surface area contributed by atoms with E-state index in [1.807, 2.05) is 29.1 Å². The molecule has 1 N–H and O–H groups in total. The maximum absolute atomic E-state index is 12.7. The number of thiazole rings is 1. The summed E-state index contributed by atoms with van der Waals surface area (Å²) < 4.78 is 2.71. The van der Waals surface area contributed by atoms with Gasteiger partial charge in [0, 0.05) is 17.8 Å². The molecule has 0 bridgehead atoms. The van der Waals surface area contributed by atoms with E-state index in [9.17, 15) is 4.79 Å². The predicted molar refractivity (Wildman–Crippen MR) is 119 cm³/mol. The number of halogens is 1. The molecule has 4 rings (SSSR count). The van der Waals surface area contributed by atoms with Gasteiger partial charge in [0.2, 0.25) is 0 Å². The van der Waals surface area contributed by atoms with Crippen molar-refractivity contribution in [2.45, 2.75) is 51.5 Å². The molecule has 0 atom stereocenters. The highest BCUT2D eigenvalue weighted by atomic mass is 79.9. The van der Waals surface area contributed by atoms with Gasteiger partial charge >= 0.3 is 0 Å². The number of carbonyl (C=O) groups excluding carboxylic acids is 1. The largest absolute Gasteiger partial charge is 0.317 e. The Balaban J connectivity index is 1.59. The number of carbonyl (C=O) groups is 1. The first-order valence-electron chi connectivity index (χ1n) is 10.1. The van der Waals surface area contributed by atoms with Crippen molar-refractivity contribution in [3.05, 3.63) is 45.6 Å². The lowest BCUT2D eigenvalue weighted by Crippen LogP contribution is -2.18. The van der Waals surface area contributed by atoms with Crippen molar-refractivity contribution in [2.24, 2.45) is 5.92 Å². The van der Waals surface area contributed by atoms with Crippen molar-refractivity contribution in [3.63, 3.8) is 0 Å². The van der Waals surface area contributed by atoms with E-state index in [2.05, 4.69) is 38.1 Å². The fourth-order valence-electron chi connectivity index (χ4n) is 4.01. The molecule has 152 valence electrons. The third-order valence-corrected chi connectivity index (χ3v) is 6.85. The SMILES string of the molecule is CCC[C@H]1CC[C@H](n2cc(NC(=O)c3csc(Br)n3)c(-c3ccccn3)n2)CC1. The lowest BCUT2D eigenvalue weighted by Gasteiger charge is -2.28. The molecular formula is C21H24BrN5OS. The van der Waals surface area contributed by atoms with Crippen LogP contribution >= 0.6 is 27.3 Å². The molecule has 0 radical (unpaired) electrons. The first kappa shape index (κ1) is 20.2. The Hall–Kier alpha value is -2.06. The molecule has 0 saturated heterocycles. The minimum atomic E-state index is -0.240. The van der Waals surface area contributed by atoms with Crippen molar-refractivity contribution < 1.29 is 4.79 Å². The zero-order chi connectivity index (χ0) is 20.2. The number of anilines is 1. The molecule has 1 saturated carbocycles. The van der Waals surface area contributed by atoms with Gasteiger partial charge in [0.05, 0.1) is 17.4 Å². The quantitative estimate of drug-likeness (QED) is 0.479. The second-order valence-electron chi connectivity index (χ2n) is 7.49. The molecule has 8 heteroatoms. The summed E-state index contributed by atoms with van der Waals surface area (Å²) in [6.45, 7) is 2.26. The molecule has 0 aliphatic heterocycles. The van der Waals surface area contributed by atoms with Gasteiger partial charge in [0.1, 0.15) is 11.4 Å². The Bertz CT molecular complexity index is 963. The lowest BCUT2D eigenvalue weighted by atomic mass is 9.83. The smallest absolute Gasteiger partial charge is 0.275 e. The summed E-state index contributed by atoms with van der Waals surface area (Å²) in [5.41, 5.74) is 2.51. The molecule has 1 aliphatic rings. The second kappa shape index (κ2) is 9.17. The van der Waals surface area contributed by atoms with E-state index in [1.165, 1.54) is 37.0 Å². The van der Waals surface area contributed by atoms with Gasteiger partial charge in [-0.3, -0.25) is 14.5 Å². The number of nitrogens with one attached hydrogen (secondary N) is 1. The van der Waals surface area contributed by atoms with Gasteiger partial charge in [-0.2, -0.15) is 5.10 Å². The molecule has 3 heterocycles. The zero-order valence-corrected chi connectivity index (χ0v) is 18.7. The summed E-state index contributed by atoms with van der Waals surface area (Å²) in [6, 6.07) is 6.09. The van der Waals surface area contributed by atoms with E-state index in [0.29, 0.717) is 27.0 Å². The van der Waals surface area contributed by atoms with Gasteiger partial charge in [0.25, 0.3) is 5.91 Å². The minimum absolute atomic E-state index is 0.240. The number of rotatable bonds is 6. The summed E-state index contributed by atoms with van der Waals surface area (Å²) >= 11 is 4.70. The molecule has 0 spiro atoms.